The van der Waals surface area contributed by atoms with Crippen molar-refractivity contribution < 1.29 is 18.3 Å². The first-order valence-electron chi connectivity index (χ1n) is 3.38. The molecule has 1 rings (SSSR count). The molecule has 0 spiro atoms. The highest BCUT2D eigenvalue weighted by atomic mass is 19.4. The third kappa shape index (κ3) is 2.09. The second-order valence-corrected chi connectivity index (χ2v) is 2.40. The second kappa shape index (κ2) is 3.21. The number of pyridine rings is 1. The summed E-state index contributed by atoms with van der Waals surface area (Å²) in [5.41, 5.74) is 3.42. The Morgan fingerprint density at radius 3 is 2.46 bits per heavy atom. The van der Waals surface area contributed by atoms with Crippen molar-refractivity contribution in [2.24, 2.45) is 0 Å². The van der Waals surface area contributed by atoms with E-state index in [-0.39, 0.29) is 5.69 Å². The Kier molecular flexibility index (Phi) is 2.42. The molecule has 0 aromatic carbocycles. The minimum Gasteiger partial charge on any atom is -0.397 e. The summed E-state index contributed by atoms with van der Waals surface area (Å²) in [6.07, 6.45) is -4.57. The van der Waals surface area contributed by atoms with Crippen molar-refractivity contribution >= 4 is 5.69 Å². The number of rotatable bonds is 1. The third-order valence-electron chi connectivity index (χ3n) is 1.41. The molecule has 0 aliphatic heterocycles. The molecule has 0 amide bonds. The van der Waals surface area contributed by atoms with E-state index in [1.54, 1.807) is 0 Å². The van der Waals surface area contributed by atoms with Crippen molar-refractivity contribution in [2.45, 2.75) is 12.8 Å². The van der Waals surface area contributed by atoms with Gasteiger partial charge in [0.15, 0.2) is 5.69 Å². The van der Waals surface area contributed by atoms with E-state index in [1.807, 2.05) is 0 Å². The number of nitrogens with two attached hydrogens (primary N) is 1. The molecule has 0 atom stereocenters. The molecule has 6 heteroatoms. The third-order valence-corrected chi connectivity index (χ3v) is 1.41. The first kappa shape index (κ1) is 9.79. The van der Waals surface area contributed by atoms with Crippen LogP contribution in [0.15, 0.2) is 12.1 Å². The van der Waals surface area contributed by atoms with Crippen molar-refractivity contribution in [2.75, 3.05) is 5.73 Å². The quantitative estimate of drug-likeness (QED) is 0.702. The molecule has 3 N–H and O–H groups in total. The number of hydrogen-bond donors (Lipinski definition) is 2. The molecule has 0 fully saturated rings. The molecule has 1 aromatic rings. The highest BCUT2D eigenvalue weighted by molar-refractivity contribution is 5.44. The van der Waals surface area contributed by atoms with Crippen LogP contribution in [0.4, 0.5) is 18.9 Å². The summed E-state index contributed by atoms with van der Waals surface area (Å²) < 4.78 is 36.4. The average molecular weight is 192 g/mol. The number of aliphatic hydroxyl groups excluding tert-OH is 1. The van der Waals surface area contributed by atoms with Gasteiger partial charge in [0.1, 0.15) is 0 Å². The minimum absolute atomic E-state index is 0.0541. The molecular formula is C7H7F3N2O. The summed E-state index contributed by atoms with van der Waals surface area (Å²) in [5, 5.41) is 8.55. The Labute approximate surface area is 72.0 Å². The zero-order valence-corrected chi connectivity index (χ0v) is 6.47. The standard InChI is InChI=1S/C7H7F3N2O/c8-7(9,10)6-5(11)2-1-4(3-13)12-6/h1-2,13H,3,11H2. The van der Waals surface area contributed by atoms with Crippen LogP contribution in [0.25, 0.3) is 0 Å². The van der Waals surface area contributed by atoms with Gasteiger partial charge in [0.05, 0.1) is 18.0 Å². The number of halogens is 3. The number of anilines is 1. The largest absolute Gasteiger partial charge is 0.435 e. The van der Waals surface area contributed by atoms with Gasteiger partial charge in [0.25, 0.3) is 0 Å². The summed E-state index contributed by atoms with van der Waals surface area (Å²) in [7, 11) is 0. The van der Waals surface area contributed by atoms with Crippen LogP contribution in [0.1, 0.15) is 11.4 Å². The van der Waals surface area contributed by atoms with Gasteiger partial charge in [-0.25, -0.2) is 4.98 Å². The SMILES string of the molecule is Nc1ccc(CO)nc1C(F)(F)F. The van der Waals surface area contributed by atoms with Gasteiger partial charge in [-0.2, -0.15) is 13.2 Å². The van der Waals surface area contributed by atoms with Crippen LogP contribution in [-0.2, 0) is 12.8 Å². The Bertz CT molecular complexity index is 311. The van der Waals surface area contributed by atoms with Crippen molar-refractivity contribution in [3.63, 3.8) is 0 Å². The van der Waals surface area contributed by atoms with Crippen LogP contribution in [0, 0.1) is 0 Å². The monoisotopic (exact) mass is 192 g/mol. The van der Waals surface area contributed by atoms with Crippen molar-refractivity contribution in [1.29, 1.82) is 0 Å². The van der Waals surface area contributed by atoms with E-state index in [0.717, 1.165) is 6.07 Å². The van der Waals surface area contributed by atoms with Gasteiger partial charge in [-0.3, -0.25) is 0 Å². The molecule has 0 unspecified atom stereocenters. The summed E-state index contributed by atoms with van der Waals surface area (Å²) in [6.45, 7) is -0.538. The molecule has 1 aromatic heterocycles. The fourth-order valence-electron chi connectivity index (χ4n) is 0.825. The minimum atomic E-state index is -4.57. The lowest BCUT2D eigenvalue weighted by Gasteiger charge is -2.09. The Hall–Kier alpha value is -1.30. The highest BCUT2D eigenvalue weighted by Gasteiger charge is 2.35. The van der Waals surface area contributed by atoms with E-state index in [1.165, 1.54) is 6.07 Å². The molecule has 72 valence electrons. The van der Waals surface area contributed by atoms with Crippen molar-refractivity contribution in [3.8, 4) is 0 Å². The molecule has 0 saturated heterocycles. The maximum atomic E-state index is 12.1. The van der Waals surface area contributed by atoms with Gasteiger partial charge < -0.3 is 10.8 Å². The zero-order valence-electron chi connectivity index (χ0n) is 6.47. The topological polar surface area (TPSA) is 59.1 Å². The maximum Gasteiger partial charge on any atom is 0.435 e. The lowest BCUT2D eigenvalue weighted by atomic mass is 10.2. The van der Waals surface area contributed by atoms with Gasteiger partial charge >= 0.3 is 6.18 Å². The first-order valence-corrected chi connectivity index (χ1v) is 3.38. The number of nitrogen functional groups attached to an aromatic ring is 1. The van der Waals surface area contributed by atoms with Gasteiger partial charge in [0.2, 0.25) is 0 Å². The van der Waals surface area contributed by atoms with Crippen LogP contribution in [0.3, 0.4) is 0 Å². The van der Waals surface area contributed by atoms with Crippen LogP contribution in [0.2, 0.25) is 0 Å². The number of alkyl halides is 3. The predicted octanol–water partition coefficient (Wildman–Crippen LogP) is 1.17. The highest BCUT2D eigenvalue weighted by Crippen LogP contribution is 2.31. The van der Waals surface area contributed by atoms with Crippen LogP contribution in [0.5, 0.6) is 0 Å². The normalized spacial score (nSPS) is 11.7. The smallest absolute Gasteiger partial charge is 0.397 e. The van der Waals surface area contributed by atoms with Crippen LogP contribution < -0.4 is 5.73 Å². The van der Waals surface area contributed by atoms with Crippen molar-refractivity contribution in [3.05, 3.63) is 23.5 Å². The molecule has 0 aliphatic carbocycles. The van der Waals surface area contributed by atoms with Crippen molar-refractivity contribution in [1.82, 2.24) is 4.98 Å². The van der Waals surface area contributed by atoms with Gasteiger partial charge in [-0.15, -0.1) is 0 Å². The predicted molar refractivity (Wildman–Crippen MR) is 39.6 cm³/mol. The molecule has 0 bridgehead atoms. The summed E-state index contributed by atoms with van der Waals surface area (Å²) in [5.74, 6) is 0. The average Bonchev–Trinajstić information content (AvgIpc) is 2.03. The van der Waals surface area contributed by atoms with E-state index in [4.69, 9.17) is 10.8 Å². The summed E-state index contributed by atoms with van der Waals surface area (Å²) in [6, 6.07) is 2.31. The van der Waals surface area contributed by atoms with E-state index < -0.39 is 24.2 Å². The summed E-state index contributed by atoms with van der Waals surface area (Å²) >= 11 is 0. The Morgan fingerprint density at radius 1 is 1.38 bits per heavy atom. The summed E-state index contributed by atoms with van der Waals surface area (Å²) in [4.78, 5) is 3.16. The van der Waals surface area contributed by atoms with E-state index in [2.05, 4.69) is 4.98 Å². The van der Waals surface area contributed by atoms with E-state index in [0.29, 0.717) is 0 Å². The Morgan fingerprint density at radius 2 is 2.00 bits per heavy atom. The second-order valence-electron chi connectivity index (χ2n) is 2.40. The molecule has 0 saturated carbocycles. The number of hydrogen-bond acceptors (Lipinski definition) is 3. The fraction of sp³-hybridized carbons (Fsp3) is 0.286. The van der Waals surface area contributed by atoms with Crippen LogP contribution >= 0.6 is 0 Å². The van der Waals surface area contributed by atoms with E-state index >= 15 is 0 Å². The number of aromatic nitrogens is 1. The maximum absolute atomic E-state index is 12.1. The molecule has 0 radical (unpaired) electrons. The molecule has 0 aliphatic rings. The Balaban J connectivity index is 3.19. The van der Waals surface area contributed by atoms with Crippen LogP contribution in [-0.4, -0.2) is 10.1 Å². The molecule has 13 heavy (non-hydrogen) atoms. The number of aliphatic hydroxyl groups is 1. The fourth-order valence-corrected chi connectivity index (χ4v) is 0.825. The number of nitrogens with zero attached hydrogens (tertiary/aromatic N) is 1. The lowest BCUT2D eigenvalue weighted by Crippen LogP contribution is -2.12. The molecule has 1 heterocycles. The lowest BCUT2D eigenvalue weighted by molar-refractivity contribution is -0.140. The van der Waals surface area contributed by atoms with Gasteiger partial charge in [-0.1, -0.05) is 0 Å². The van der Waals surface area contributed by atoms with E-state index in [9.17, 15) is 13.2 Å². The van der Waals surface area contributed by atoms with Gasteiger partial charge in [0, 0.05) is 0 Å². The molecular weight excluding hydrogens is 185 g/mol. The van der Waals surface area contributed by atoms with Gasteiger partial charge in [-0.05, 0) is 12.1 Å². The zero-order chi connectivity index (χ0) is 10.1. The molecule has 3 nitrogen and oxygen atoms in total. The first-order chi connectivity index (χ1) is 5.95.